The number of carbonyl (C=O) groups is 1. The number of nitrogens with two attached hydrogens (primary N) is 1. The largest absolute Gasteiger partial charge is 0.369 e. The van der Waals surface area contributed by atoms with Gasteiger partial charge in [0, 0.05) is 35.9 Å². The van der Waals surface area contributed by atoms with E-state index in [0.29, 0.717) is 52.5 Å². The number of ether oxygens (including phenoxy) is 1. The summed E-state index contributed by atoms with van der Waals surface area (Å²) >= 11 is 0. The van der Waals surface area contributed by atoms with E-state index in [9.17, 15) is 4.79 Å². The number of rotatable bonds is 7. The summed E-state index contributed by atoms with van der Waals surface area (Å²) in [5.74, 6) is -0.500. The maximum atomic E-state index is 15.1. The van der Waals surface area contributed by atoms with Crippen molar-refractivity contribution >= 4 is 34.1 Å². The van der Waals surface area contributed by atoms with E-state index >= 15 is 4.39 Å². The zero-order chi connectivity index (χ0) is 25.8. The number of halogens is 1. The van der Waals surface area contributed by atoms with Gasteiger partial charge < -0.3 is 26.4 Å². The molecule has 0 bridgehead atoms. The van der Waals surface area contributed by atoms with Gasteiger partial charge in [0.1, 0.15) is 11.9 Å². The molecule has 0 saturated carbocycles. The topological polar surface area (TPSA) is 127 Å². The van der Waals surface area contributed by atoms with Gasteiger partial charge in [0.2, 0.25) is 11.9 Å². The molecule has 3 heterocycles. The predicted octanol–water partition coefficient (Wildman–Crippen LogP) is 3.69. The number of amides is 1. The van der Waals surface area contributed by atoms with Gasteiger partial charge in [-0.25, -0.2) is 14.4 Å². The van der Waals surface area contributed by atoms with Crippen molar-refractivity contribution in [3.8, 4) is 11.1 Å². The maximum absolute atomic E-state index is 15.1. The highest BCUT2D eigenvalue weighted by Gasteiger charge is 2.27. The average molecular weight is 500 g/mol. The first-order valence-corrected chi connectivity index (χ1v) is 11.8. The Labute approximate surface area is 213 Å². The molecule has 5 rings (SSSR count). The van der Waals surface area contributed by atoms with Crippen molar-refractivity contribution in [3.05, 3.63) is 85.1 Å². The Hall–Kier alpha value is -4.25. The third-order valence-corrected chi connectivity index (χ3v) is 6.07. The molecule has 2 aromatic heterocycles. The molecule has 4 aromatic rings. The maximum Gasteiger partial charge on any atom is 0.247 e. The fourth-order valence-electron chi connectivity index (χ4n) is 4.28. The van der Waals surface area contributed by atoms with Crippen LogP contribution >= 0.6 is 0 Å². The summed E-state index contributed by atoms with van der Waals surface area (Å²) in [4.78, 5) is 25.2. The molecule has 188 valence electrons. The molecular formula is C27H26FN7O2. The Morgan fingerprint density at radius 3 is 2.86 bits per heavy atom. The van der Waals surface area contributed by atoms with E-state index in [2.05, 4.69) is 37.5 Å². The number of nitrogens with one attached hydrogen (secondary N) is 3. The fourth-order valence-corrected chi connectivity index (χ4v) is 4.28. The molecule has 1 amide bonds. The summed E-state index contributed by atoms with van der Waals surface area (Å²) < 4.78 is 20.9. The van der Waals surface area contributed by atoms with Crippen LogP contribution in [0, 0.1) is 5.82 Å². The molecule has 1 fully saturated rings. The molecule has 1 unspecified atom stereocenters. The lowest BCUT2D eigenvalue weighted by Crippen LogP contribution is -2.48. The van der Waals surface area contributed by atoms with Crippen molar-refractivity contribution in [1.29, 1.82) is 0 Å². The van der Waals surface area contributed by atoms with Crippen LogP contribution in [0.15, 0.2) is 73.6 Å². The summed E-state index contributed by atoms with van der Waals surface area (Å²) in [7, 11) is 0. The van der Waals surface area contributed by atoms with Gasteiger partial charge in [-0.2, -0.15) is 0 Å². The molecule has 0 spiro atoms. The molecule has 2 atom stereocenters. The lowest BCUT2D eigenvalue weighted by Gasteiger charge is -2.31. The normalized spacial score (nSPS) is 17.4. The molecule has 1 aliphatic rings. The van der Waals surface area contributed by atoms with Crippen molar-refractivity contribution < 1.29 is 13.9 Å². The van der Waals surface area contributed by atoms with Gasteiger partial charge in [-0.1, -0.05) is 18.7 Å². The Morgan fingerprint density at radius 2 is 2.08 bits per heavy atom. The quantitative estimate of drug-likeness (QED) is 0.284. The molecule has 37 heavy (non-hydrogen) atoms. The van der Waals surface area contributed by atoms with Gasteiger partial charge in [0.05, 0.1) is 35.7 Å². The summed E-state index contributed by atoms with van der Waals surface area (Å²) in [5, 5.41) is 9.85. The molecule has 9 nitrogen and oxygen atoms in total. The van der Waals surface area contributed by atoms with Crippen molar-refractivity contribution in [2.45, 2.75) is 12.1 Å². The average Bonchev–Trinajstić information content (AvgIpc) is 2.93. The smallest absolute Gasteiger partial charge is 0.247 e. The van der Waals surface area contributed by atoms with Crippen LogP contribution in [-0.4, -0.2) is 46.6 Å². The fraction of sp³-hybridized carbons (Fsp3) is 0.185. The number of aromatic nitrogens is 3. The van der Waals surface area contributed by atoms with E-state index in [4.69, 9.17) is 10.5 Å². The Bertz CT molecular complexity index is 1440. The van der Waals surface area contributed by atoms with Crippen LogP contribution < -0.4 is 21.7 Å². The molecule has 2 aromatic carbocycles. The number of benzene rings is 2. The molecule has 0 aliphatic carbocycles. The minimum atomic E-state index is -0.439. The van der Waals surface area contributed by atoms with Crippen molar-refractivity contribution in [2.75, 3.05) is 30.3 Å². The predicted molar refractivity (Wildman–Crippen MR) is 141 cm³/mol. The number of morpholine rings is 1. The van der Waals surface area contributed by atoms with Crippen LogP contribution in [0.25, 0.3) is 22.0 Å². The van der Waals surface area contributed by atoms with Crippen molar-refractivity contribution in [3.63, 3.8) is 0 Å². The second-order valence-corrected chi connectivity index (χ2v) is 8.51. The Balaban J connectivity index is 1.44. The highest BCUT2D eigenvalue weighted by Crippen LogP contribution is 2.32. The van der Waals surface area contributed by atoms with E-state index in [0.717, 1.165) is 12.2 Å². The second-order valence-electron chi connectivity index (χ2n) is 8.51. The zero-order valence-electron chi connectivity index (χ0n) is 19.9. The number of fused-ring (bicyclic) bond motifs is 1. The van der Waals surface area contributed by atoms with Gasteiger partial charge in [0.15, 0.2) is 0 Å². The second kappa shape index (κ2) is 10.8. The summed E-state index contributed by atoms with van der Waals surface area (Å²) in [5.41, 5.74) is 9.13. The van der Waals surface area contributed by atoms with Gasteiger partial charge in [-0.15, -0.1) is 0 Å². The van der Waals surface area contributed by atoms with E-state index in [1.165, 1.54) is 12.1 Å². The van der Waals surface area contributed by atoms with Gasteiger partial charge >= 0.3 is 0 Å². The van der Waals surface area contributed by atoms with Crippen molar-refractivity contribution in [1.82, 2.24) is 20.3 Å². The van der Waals surface area contributed by atoms with Crippen LogP contribution in [0.3, 0.4) is 0 Å². The first kappa shape index (κ1) is 24.4. The van der Waals surface area contributed by atoms with Gasteiger partial charge in [-0.3, -0.25) is 9.78 Å². The first-order valence-electron chi connectivity index (χ1n) is 11.8. The van der Waals surface area contributed by atoms with Crippen LogP contribution in [0.1, 0.15) is 11.8 Å². The summed E-state index contributed by atoms with van der Waals surface area (Å²) in [6, 6.07) is 13.6. The van der Waals surface area contributed by atoms with Crippen LogP contribution in [0.5, 0.6) is 0 Å². The molecule has 0 radical (unpaired) electrons. The number of anilines is 3. The Morgan fingerprint density at radius 1 is 1.19 bits per heavy atom. The lowest BCUT2D eigenvalue weighted by molar-refractivity contribution is -0.111. The number of hydrogen-bond donors (Lipinski definition) is 4. The summed E-state index contributed by atoms with van der Waals surface area (Å²) in [6.07, 6.45) is 4.26. The highest BCUT2D eigenvalue weighted by atomic mass is 19.1. The van der Waals surface area contributed by atoms with Gasteiger partial charge in [-0.05, 0) is 48.0 Å². The molecule has 10 heteroatoms. The van der Waals surface area contributed by atoms with E-state index in [-0.39, 0.29) is 18.1 Å². The lowest BCUT2D eigenvalue weighted by atomic mass is 10.0. The zero-order valence-corrected chi connectivity index (χ0v) is 19.9. The first-order chi connectivity index (χ1) is 18.1. The van der Waals surface area contributed by atoms with Crippen LogP contribution in [0.2, 0.25) is 0 Å². The SMILES string of the molecule is C=CC(=O)Nc1cccc(-c2c(F)ccc3cnc(Nc4ccc([C@H]5OCCNC5CN)nc4)nc23)c1. The third-order valence-electron chi connectivity index (χ3n) is 6.07. The highest BCUT2D eigenvalue weighted by molar-refractivity contribution is 6.00. The minimum absolute atomic E-state index is 0.000733. The van der Waals surface area contributed by atoms with E-state index < -0.39 is 5.82 Å². The standard InChI is InChI=1S/C27H26FN7O2/c1-2-23(36)33-18-5-3-4-16(12-18)24-20(28)8-6-17-14-32-27(35-25(17)24)34-19-7-9-21(31-15-19)26-22(13-29)30-10-11-37-26/h2-9,12,14-15,22,26,30H,1,10-11,13,29H2,(H,33,36)(H,32,34,35)/t22?,26-/m1/s1. The Kier molecular flexibility index (Phi) is 7.13. The number of carbonyl (C=O) groups excluding carboxylic acids is 1. The molecule has 1 aliphatic heterocycles. The number of nitrogens with zero attached hydrogens (tertiary/aromatic N) is 3. The third kappa shape index (κ3) is 5.31. The monoisotopic (exact) mass is 499 g/mol. The number of pyridine rings is 1. The van der Waals surface area contributed by atoms with Gasteiger partial charge in [0.25, 0.3) is 0 Å². The van der Waals surface area contributed by atoms with E-state index in [1.54, 1.807) is 42.7 Å². The van der Waals surface area contributed by atoms with E-state index in [1.807, 2.05) is 12.1 Å². The molecular weight excluding hydrogens is 473 g/mol. The van der Waals surface area contributed by atoms with Crippen LogP contribution in [-0.2, 0) is 9.53 Å². The number of hydrogen-bond acceptors (Lipinski definition) is 8. The van der Waals surface area contributed by atoms with Crippen molar-refractivity contribution in [2.24, 2.45) is 5.73 Å². The molecule has 1 saturated heterocycles. The minimum Gasteiger partial charge on any atom is -0.369 e. The molecule has 5 N–H and O–H groups in total. The van der Waals surface area contributed by atoms with Crippen LogP contribution in [0.4, 0.5) is 21.7 Å². The summed E-state index contributed by atoms with van der Waals surface area (Å²) in [6.45, 7) is 5.25.